The van der Waals surface area contributed by atoms with Gasteiger partial charge in [-0.3, -0.25) is 0 Å². The Balaban J connectivity index is 2.24. The van der Waals surface area contributed by atoms with Crippen LogP contribution in [0.1, 0.15) is 5.56 Å². The van der Waals surface area contributed by atoms with Crippen LogP contribution in [0, 0.1) is 0 Å². The highest BCUT2D eigenvalue weighted by Crippen LogP contribution is 2.42. The Morgan fingerprint density at radius 3 is 2.94 bits per heavy atom. The summed E-state index contributed by atoms with van der Waals surface area (Å²) < 4.78 is 8.46. The van der Waals surface area contributed by atoms with E-state index in [0.29, 0.717) is 6.61 Å². The fraction of sp³-hybridized carbons (Fsp3) is 0.0667. The van der Waals surface area contributed by atoms with Crippen molar-refractivity contribution >= 4 is 37.6 Å². The molecule has 1 aromatic heterocycles. The fourth-order valence-corrected chi connectivity index (χ4v) is 3.50. The van der Waals surface area contributed by atoms with E-state index in [2.05, 4.69) is 48.6 Å². The van der Waals surface area contributed by atoms with Crippen LogP contribution in [0.2, 0.25) is 0 Å². The molecule has 1 aliphatic rings. The lowest BCUT2D eigenvalue weighted by Crippen LogP contribution is -2.00. The molecule has 2 heteroatoms. The summed E-state index contributed by atoms with van der Waals surface area (Å²) >= 11 is 1.83. The molecule has 0 spiro atoms. The molecule has 2 heterocycles. The van der Waals surface area contributed by atoms with Crippen LogP contribution in [-0.2, 0) is 0 Å². The monoisotopic (exact) mass is 238 g/mol. The minimum atomic E-state index is 0.677. The maximum atomic E-state index is 5.82. The highest BCUT2D eigenvalue weighted by atomic mass is 32.1. The molecule has 0 saturated carbocycles. The molecule has 0 atom stereocenters. The number of hydrogen-bond donors (Lipinski definition) is 0. The molecular weight excluding hydrogens is 228 g/mol. The molecule has 82 valence electrons. The molecule has 17 heavy (non-hydrogen) atoms. The van der Waals surface area contributed by atoms with Crippen molar-refractivity contribution in [3.8, 4) is 5.75 Å². The van der Waals surface area contributed by atoms with Gasteiger partial charge >= 0.3 is 0 Å². The first-order valence-corrected chi connectivity index (χ1v) is 6.49. The average Bonchev–Trinajstić information content (AvgIpc) is 2.77. The topological polar surface area (TPSA) is 9.23 Å². The van der Waals surface area contributed by atoms with Gasteiger partial charge in [-0.25, -0.2) is 0 Å². The van der Waals surface area contributed by atoms with Gasteiger partial charge in [0.15, 0.2) is 0 Å². The van der Waals surface area contributed by atoms with Gasteiger partial charge in [0.1, 0.15) is 12.4 Å². The predicted octanol–water partition coefficient (Wildman–Crippen LogP) is 4.46. The number of fused-ring (bicyclic) bond motifs is 5. The van der Waals surface area contributed by atoms with Gasteiger partial charge in [-0.15, -0.1) is 11.3 Å². The van der Waals surface area contributed by atoms with Crippen LogP contribution in [-0.4, -0.2) is 6.61 Å². The molecule has 0 bridgehead atoms. The van der Waals surface area contributed by atoms with Gasteiger partial charge in [-0.2, -0.15) is 0 Å². The van der Waals surface area contributed by atoms with E-state index >= 15 is 0 Å². The number of benzene rings is 2. The molecule has 0 fully saturated rings. The normalized spacial score (nSPS) is 13.9. The summed E-state index contributed by atoms with van der Waals surface area (Å²) in [4.78, 5) is 0. The molecular formula is C15H10OS. The Morgan fingerprint density at radius 2 is 1.94 bits per heavy atom. The van der Waals surface area contributed by atoms with E-state index in [0.717, 1.165) is 5.75 Å². The average molecular weight is 238 g/mol. The molecule has 0 saturated heterocycles. The van der Waals surface area contributed by atoms with Gasteiger partial charge in [0, 0.05) is 25.7 Å². The molecule has 0 unspecified atom stereocenters. The third-order valence-electron chi connectivity index (χ3n) is 3.15. The van der Waals surface area contributed by atoms with Crippen LogP contribution in [0.3, 0.4) is 0 Å². The maximum Gasteiger partial charge on any atom is 0.136 e. The standard InChI is InChI=1S/C15H10OS/c1-2-6-12-11(5-1)14-13(17-12)8-7-10-4-3-9-16-15(10)14/h1-8H,9H2. The van der Waals surface area contributed by atoms with Crippen LogP contribution in [0.5, 0.6) is 5.75 Å². The van der Waals surface area contributed by atoms with Crippen molar-refractivity contribution in [1.29, 1.82) is 0 Å². The van der Waals surface area contributed by atoms with Crippen molar-refractivity contribution in [2.45, 2.75) is 0 Å². The van der Waals surface area contributed by atoms with Crippen LogP contribution >= 0.6 is 11.3 Å². The molecule has 0 aliphatic carbocycles. The van der Waals surface area contributed by atoms with Crippen LogP contribution in [0.4, 0.5) is 0 Å². The van der Waals surface area contributed by atoms with Crippen molar-refractivity contribution in [2.75, 3.05) is 6.61 Å². The third kappa shape index (κ3) is 1.25. The highest BCUT2D eigenvalue weighted by Gasteiger charge is 2.14. The lowest BCUT2D eigenvalue weighted by molar-refractivity contribution is 0.363. The van der Waals surface area contributed by atoms with Gasteiger partial charge in [-0.1, -0.05) is 24.3 Å². The minimum absolute atomic E-state index is 0.677. The van der Waals surface area contributed by atoms with Crippen molar-refractivity contribution in [3.05, 3.63) is 48.0 Å². The molecule has 0 amide bonds. The summed E-state index contributed by atoms with van der Waals surface area (Å²) in [5.41, 5.74) is 1.19. The summed E-state index contributed by atoms with van der Waals surface area (Å²) in [6.45, 7) is 0.677. The van der Waals surface area contributed by atoms with Gasteiger partial charge < -0.3 is 4.74 Å². The van der Waals surface area contributed by atoms with E-state index < -0.39 is 0 Å². The van der Waals surface area contributed by atoms with E-state index in [1.54, 1.807) is 0 Å². The lowest BCUT2D eigenvalue weighted by Gasteiger charge is -2.13. The summed E-state index contributed by atoms with van der Waals surface area (Å²) in [6, 6.07) is 12.9. The second kappa shape index (κ2) is 3.34. The van der Waals surface area contributed by atoms with E-state index in [-0.39, 0.29) is 0 Å². The maximum absolute atomic E-state index is 5.82. The number of thiophene rings is 1. The second-order valence-corrected chi connectivity index (χ2v) is 5.25. The number of rotatable bonds is 0. The zero-order valence-corrected chi connectivity index (χ0v) is 9.96. The molecule has 2 aromatic carbocycles. The van der Waals surface area contributed by atoms with E-state index in [1.165, 1.54) is 25.7 Å². The first-order chi connectivity index (χ1) is 8.43. The Hall–Kier alpha value is -1.80. The SMILES string of the molecule is C1=Cc2ccc3sc4ccccc4c3c2OC1. The van der Waals surface area contributed by atoms with Crippen LogP contribution in [0.15, 0.2) is 42.5 Å². The zero-order valence-electron chi connectivity index (χ0n) is 9.14. The Kier molecular flexibility index (Phi) is 1.82. The van der Waals surface area contributed by atoms with Gasteiger partial charge in [-0.05, 0) is 24.3 Å². The smallest absolute Gasteiger partial charge is 0.136 e. The molecule has 1 nitrogen and oxygen atoms in total. The highest BCUT2D eigenvalue weighted by molar-refractivity contribution is 7.25. The molecule has 0 radical (unpaired) electrons. The Morgan fingerprint density at radius 1 is 1.00 bits per heavy atom. The van der Waals surface area contributed by atoms with Crippen LogP contribution < -0.4 is 4.74 Å². The fourth-order valence-electron chi connectivity index (χ4n) is 2.39. The largest absolute Gasteiger partial charge is 0.488 e. The first kappa shape index (κ1) is 9.25. The van der Waals surface area contributed by atoms with Crippen molar-refractivity contribution in [3.63, 3.8) is 0 Å². The second-order valence-electron chi connectivity index (χ2n) is 4.17. The Labute approximate surface area is 103 Å². The van der Waals surface area contributed by atoms with Crippen molar-refractivity contribution in [2.24, 2.45) is 0 Å². The number of ether oxygens (including phenoxy) is 1. The van der Waals surface area contributed by atoms with Crippen molar-refractivity contribution in [1.82, 2.24) is 0 Å². The van der Waals surface area contributed by atoms with Gasteiger partial charge in [0.05, 0.1) is 0 Å². The summed E-state index contributed by atoms with van der Waals surface area (Å²) in [5.74, 6) is 1.04. The van der Waals surface area contributed by atoms with E-state index in [9.17, 15) is 0 Å². The third-order valence-corrected chi connectivity index (χ3v) is 4.28. The zero-order chi connectivity index (χ0) is 11.2. The summed E-state index contributed by atoms with van der Waals surface area (Å²) in [5, 5.41) is 2.58. The first-order valence-electron chi connectivity index (χ1n) is 5.67. The quantitative estimate of drug-likeness (QED) is 0.562. The summed E-state index contributed by atoms with van der Waals surface area (Å²) in [7, 11) is 0. The molecule has 4 rings (SSSR count). The van der Waals surface area contributed by atoms with Gasteiger partial charge in [0.2, 0.25) is 0 Å². The van der Waals surface area contributed by atoms with Crippen molar-refractivity contribution < 1.29 is 4.74 Å². The van der Waals surface area contributed by atoms with Gasteiger partial charge in [0.25, 0.3) is 0 Å². The Bertz CT molecular complexity index is 752. The molecule has 3 aromatic rings. The van der Waals surface area contributed by atoms with Crippen LogP contribution in [0.25, 0.3) is 26.2 Å². The lowest BCUT2D eigenvalue weighted by atomic mass is 10.1. The minimum Gasteiger partial charge on any atom is -0.488 e. The van der Waals surface area contributed by atoms with E-state index in [1.807, 2.05) is 11.3 Å². The number of hydrogen-bond acceptors (Lipinski definition) is 2. The predicted molar refractivity (Wildman–Crippen MR) is 73.9 cm³/mol. The van der Waals surface area contributed by atoms with E-state index in [4.69, 9.17) is 4.74 Å². The molecule has 0 N–H and O–H groups in total. The molecule has 1 aliphatic heterocycles. The summed E-state index contributed by atoms with van der Waals surface area (Å²) in [6.07, 6.45) is 4.20.